The highest BCUT2D eigenvalue weighted by Crippen LogP contribution is 2.43. The number of ether oxygens (including phenoxy) is 1. The average molecular weight is 511 g/mol. The molecule has 194 valence electrons. The third kappa shape index (κ3) is 4.91. The van der Waals surface area contributed by atoms with Crippen LogP contribution in [0.4, 0.5) is 26.4 Å². The number of fused-ring (bicyclic) bond motifs is 1. The van der Waals surface area contributed by atoms with Crippen molar-refractivity contribution in [2.45, 2.75) is 57.5 Å². The molecule has 1 saturated carbocycles. The molecule has 0 spiro atoms. The van der Waals surface area contributed by atoms with Crippen LogP contribution in [-0.2, 0) is 9.53 Å². The Hall–Kier alpha value is -3.85. The summed E-state index contributed by atoms with van der Waals surface area (Å²) in [4.78, 5) is 25.7. The Morgan fingerprint density at radius 1 is 1.19 bits per heavy atom. The predicted octanol–water partition coefficient (Wildman–Crippen LogP) is 3.92. The molecule has 0 bridgehead atoms. The summed E-state index contributed by atoms with van der Waals surface area (Å²) in [7, 11) is 0. The van der Waals surface area contributed by atoms with E-state index in [0.717, 1.165) is 25.0 Å². The normalized spacial score (nSPS) is 22.5. The summed E-state index contributed by atoms with van der Waals surface area (Å²) < 4.78 is 36.7. The first-order valence-corrected chi connectivity index (χ1v) is 12.3. The number of halogens is 2. The van der Waals surface area contributed by atoms with Gasteiger partial charge in [0.1, 0.15) is 11.2 Å². The van der Waals surface area contributed by atoms with E-state index >= 15 is 0 Å². The highest BCUT2D eigenvalue weighted by Gasteiger charge is 2.38. The lowest BCUT2D eigenvalue weighted by Crippen LogP contribution is -2.38. The number of rotatable bonds is 6. The number of benzene rings is 1. The molecule has 3 heterocycles. The van der Waals surface area contributed by atoms with Crippen LogP contribution in [0.1, 0.15) is 57.1 Å². The Kier molecular flexibility index (Phi) is 6.64. The number of primary amides is 1. The SMILES string of the molecule is C[C@]1(C(N)=O)CC[C@H](n2c(Nc3c(F)cc(C#N)cc3F)nc3cnc(NC4CCOCC4)nc32)CC1. The lowest BCUT2D eigenvalue weighted by Gasteiger charge is -2.35. The summed E-state index contributed by atoms with van der Waals surface area (Å²) in [5.74, 6) is -1.53. The first kappa shape index (κ1) is 24.8. The van der Waals surface area contributed by atoms with Gasteiger partial charge in [0.15, 0.2) is 17.3 Å². The average Bonchev–Trinajstić information content (AvgIpc) is 3.24. The van der Waals surface area contributed by atoms with E-state index in [1.807, 2.05) is 11.5 Å². The number of nitrogens with one attached hydrogen (secondary N) is 2. The third-order valence-electron chi connectivity index (χ3n) is 7.41. The molecule has 0 atom stereocenters. The van der Waals surface area contributed by atoms with E-state index in [2.05, 4.69) is 20.6 Å². The maximum absolute atomic E-state index is 14.7. The van der Waals surface area contributed by atoms with Crippen molar-refractivity contribution in [2.75, 3.05) is 23.8 Å². The van der Waals surface area contributed by atoms with E-state index < -0.39 is 22.7 Å². The number of anilines is 3. The van der Waals surface area contributed by atoms with Crippen molar-refractivity contribution in [3.63, 3.8) is 0 Å². The number of nitriles is 1. The van der Waals surface area contributed by atoms with Crippen molar-refractivity contribution < 1.29 is 18.3 Å². The van der Waals surface area contributed by atoms with Crippen LogP contribution >= 0.6 is 0 Å². The lowest BCUT2D eigenvalue weighted by molar-refractivity contribution is -0.128. The van der Waals surface area contributed by atoms with Crippen LogP contribution in [0.15, 0.2) is 18.3 Å². The third-order valence-corrected chi connectivity index (χ3v) is 7.41. The molecule has 1 aromatic carbocycles. The highest BCUT2D eigenvalue weighted by atomic mass is 19.1. The Balaban J connectivity index is 1.54. The fourth-order valence-electron chi connectivity index (χ4n) is 5.03. The maximum Gasteiger partial charge on any atom is 0.224 e. The summed E-state index contributed by atoms with van der Waals surface area (Å²) in [5, 5.41) is 15.2. The molecule has 1 amide bonds. The number of nitrogens with zero attached hydrogens (tertiary/aromatic N) is 5. The molecule has 37 heavy (non-hydrogen) atoms. The minimum absolute atomic E-state index is 0.123. The smallest absolute Gasteiger partial charge is 0.224 e. The summed E-state index contributed by atoms with van der Waals surface area (Å²) in [6.07, 6.45) is 5.56. The topological polar surface area (TPSA) is 144 Å². The zero-order chi connectivity index (χ0) is 26.2. The van der Waals surface area contributed by atoms with Crippen molar-refractivity contribution in [3.8, 4) is 6.07 Å². The number of hydrogen-bond donors (Lipinski definition) is 3. The number of aromatic nitrogens is 4. The van der Waals surface area contributed by atoms with Crippen molar-refractivity contribution in [1.82, 2.24) is 19.5 Å². The van der Waals surface area contributed by atoms with Crippen LogP contribution in [0.5, 0.6) is 0 Å². The number of carbonyl (C=O) groups excluding carboxylic acids is 1. The van der Waals surface area contributed by atoms with Gasteiger partial charge in [0.2, 0.25) is 17.8 Å². The summed E-state index contributed by atoms with van der Waals surface area (Å²) >= 11 is 0. The Morgan fingerprint density at radius 2 is 1.86 bits per heavy atom. The maximum atomic E-state index is 14.7. The number of nitrogens with two attached hydrogens (primary N) is 1. The first-order chi connectivity index (χ1) is 17.8. The monoisotopic (exact) mass is 510 g/mol. The number of amides is 1. The van der Waals surface area contributed by atoms with Gasteiger partial charge in [-0.1, -0.05) is 6.92 Å². The number of imidazole rings is 1. The van der Waals surface area contributed by atoms with Gasteiger partial charge in [-0.25, -0.2) is 18.7 Å². The molecule has 1 saturated heterocycles. The van der Waals surface area contributed by atoms with Gasteiger partial charge >= 0.3 is 0 Å². The van der Waals surface area contributed by atoms with E-state index in [4.69, 9.17) is 20.7 Å². The van der Waals surface area contributed by atoms with Crippen molar-refractivity contribution in [2.24, 2.45) is 11.1 Å². The van der Waals surface area contributed by atoms with Crippen molar-refractivity contribution in [3.05, 3.63) is 35.5 Å². The molecule has 2 fully saturated rings. The largest absolute Gasteiger partial charge is 0.381 e. The Bertz CT molecular complexity index is 1350. The second-order valence-electron chi connectivity index (χ2n) is 9.95. The minimum Gasteiger partial charge on any atom is -0.381 e. The van der Waals surface area contributed by atoms with E-state index in [1.165, 1.54) is 0 Å². The zero-order valence-corrected chi connectivity index (χ0v) is 20.4. The minimum atomic E-state index is -0.909. The van der Waals surface area contributed by atoms with Crippen LogP contribution in [-0.4, -0.2) is 44.7 Å². The predicted molar refractivity (Wildman–Crippen MR) is 132 cm³/mol. The van der Waals surface area contributed by atoms with E-state index in [0.29, 0.717) is 56.0 Å². The number of carbonyl (C=O) groups is 1. The second-order valence-corrected chi connectivity index (χ2v) is 9.95. The van der Waals surface area contributed by atoms with Gasteiger partial charge in [-0.2, -0.15) is 10.2 Å². The van der Waals surface area contributed by atoms with Crippen molar-refractivity contribution in [1.29, 1.82) is 5.26 Å². The van der Waals surface area contributed by atoms with Gasteiger partial charge in [0, 0.05) is 30.7 Å². The molecule has 5 rings (SSSR count). The fraction of sp³-hybridized carbons (Fsp3) is 0.480. The molecule has 2 aliphatic rings. The summed E-state index contributed by atoms with van der Waals surface area (Å²) in [6, 6.07) is 3.70. The van der Waals surface area contributed by atoms with Crippen LogP contribution in [0.25, 0.3) is 11.2 Å². The van der Waals surface area contributed by atoms with Gasteiger partial charge in [-0.15, -0.1) is 0 Å². The van der Waals surface area contributed by atoms with E-state index in [1.54, 1.807) is 12.3 Å². The van der Waals surface area contributed by atoms with Crippen LogP contribution in [0.3, 0.4) is 0 Å². The van der Waals surface area contributed by atoms with Gasteiger partial charge in [-0.3, -0.25) is 9.36 Å². The van der Waals surface area contributed by atoms with Gasteiger partial charge in [-0.05, 0) is 50.7 Å². The van der Waals surface area contributed by atoms with Crippen LogP contribution in [0.2, 0.25) is 0 Å². The highest BCUT2D eigenvalue weighted by molar-refractivity contribution is 5.80. The standard InChI is InChI=1S/C25H28F2N8O2/c1-25(22(29)36)6-2-16(3-7-25)35-21-19(13-30-23(34-21)31-15-4-8-37-9-5-15)32-24(35)33-20-17(26)10-14(12-28)11-18(20)27/h10-11,13,15-16H,2-9H2,1H3,(H2,29,36)(H,32,33)(H,30,31,34)/t16-,25-. The molecule has 1 aliphatic heterocycles. The fourth-order valence-corrected chi connectivity index (χ4v) is 5.03. The molecule has 12 heteroatoms. The quantitative estimate of drug-likeness (QED) is 0.453. The van der Waals surface area contributed by atoms with Gasteiger partial charge in [0.25, 0.3) is 0 Å². The molecule has 0 radical (unpaired) electrons. The lowest BCUT2D eigenvalue weighted by atomic mass is 9.73. The molecule has 4 N–H and O–H groups in total. The van der Waals surface area contributed by atoms with Gasteiger partial charge in [0.05, 0.1) is 17.8 Å². The molecular weight excluding hydrogens is 482 g/mol. The molecule has 10 nitrogen and oxygen atoms in total. The molecule has 0 unspecified atom stereocenters. The van der Waals surface area contributed by atoms with E-state index in [-0.39, 0.29) is 29.5 Å². The van der Waals surface area contributed by atoms with Gasteiger partial charge < -0.3 is 21.1 Å². The summed E-state index contributed by atoms with van der Waals surface area (Å²) in [5.41, 5.74) is 5.45. The van der Waals surface area contributed by atoms with E-state index in [9.17, 15) is 13.6 Å². The molecule has 3 aromatic rings. The molecule has 1 aliphatic carbocycles. The summed E-state index contributed by atoms with van der Waals surface area (Å²) in [6.45, 7) is 3.18. The molecule has 2 aromatic heterocycles. The zero-order valence-electron chi connectivity index (χ0n) is 20.4. The Morgan fingerprint density at radius 3 is 2.49 bits per heavy atom. The van der Waals surface area contributed by atoms with Crippen molar-refractivity contribution >= 4 is 34.7 Å². The number of hydrogen-bond acceptors (Lipinski definition) is 8. The second kappa shape index (κ2) is 9.89. The Labute approximate surface area is 212 Å². The van der Waals surface area contributed by atoms with Crippen LogP contribution in [0, 0.1) is 28.4 Å². The van der Waals surface area contributed by atoms with Crippen LogP contribution < -0.4 is 16.4 Å². The first-order valence-electron chi connectivity index (χ1n) is 12.3. The molecular formula is C25H28F2N8O2.